The number of aryl methyl sites for hydroxylation is 1. The molecule has 0 unspecified atom stereocenters. The van der Waals surface area contributed by atoms with Gasteiger partial charge in [0.2, 0.25) is 15.9 Å². The zero-order chi connectivity index (χ0) is 19.2. The average molecular weight is 383 g/mol. The average Bonchev–Trinajstić information content (AvgIpc) is 2.65. The molecule has 1 amide bonds. The Bertz CT molecular complexity index is 710. The SMILES string of the molecule is COc1ccc(S(=O)(=O)N(C)C)cc1CCC(=O)NCC1CCCCC1. The van der Waals surface area contributed by atoms with E-state index < -0.39 is 10.0 Å². The van der Waals surface area contributed by atoms with Gasteiger partial charge in [0.1, 0.15) is 5.75 Å². The molecule has 0 aliphatic heterocycles. The van der Waals surface area contributed by atoms with E-state index in [1.165, 1.54) is 56.6 Å². The van der Waals surface area contributed by atoms with Crippen LogP contribution in [-0.4, -0.2) is 46.4 Å². The number of rotatable bonds is 8. The third-order valence-electron chi connectivity index (χ3n) is 4.96. The van der Waals surface area contributed by atoms with Gasteiger partial charge in [-0.2, -0.15) is 0 Å². The number of hydrogen-bond donors (Lipinski definition) is 1. The molecule has 0 atom stereocenters. The van der Waals surface area contributed by atoms with E-state index in [1.54, 1.807) is 19.2 Å². The summed E-state index contributed by atoms with van der Waals surface area (Å²) in [6.45, 7) is 0.741. The molecule has 0 spiro atoms. The summed E-state index contributed by atoms with van der Waals surface area (Å²) in [5.74, 6) is 1.19. The fourth-order valence-corrected chi connectivity index (χ4v) is 4.26. The van der Waals surface area contributed by atoms with Gasteiger partial charge in [0.05, 0.1) is 12.0 Å². The van der Waals surface area contributed by atoms with E-state index in [4.69, 9.17) is 4.74 Å². The van der Waals surface area contributed by atoms with Gasteiger partial charge in [-0.15, -0.1) is 0 Å². The highest BCUT2D eigenvalue weighted by Crippen LogP contribution is 2.25. The molecule has 1 saturated carbocycles. The Balaban J connectivity index is 1.97. The molecule has 146 valence electrons. The molecule has 1 N–H and O–H groups in total. The fraction of sp³-hybridized carbons (Fsp3) is 0.632. The normalized spacial score (nSPS) is 15.8. The van der Waals surface area contributed by atoms with E-state index in [2.05, 4.69) is 5.32 Å². The highest BCUT2D eigenvalue weighted by atomic mass is 32.2. The number of nitrogens with zero attached hydrogens (tertiary/aromatic N) is 1. The quantitative estimate of drug-likeness (QED) is 0.750. The first-order valence-electron chi connectivity index (χ1n) is 9.20. The van der Waals surface area contributed by atoms with Crippen molar-refractivity contribution in [3.8, 4) is 5.75 Å². The molecule has 0 aromatic heterocycles. The molecule has 1 fully saturated rings. The molecule has 1 aliphatic carbocycles. The van der Waals surface area contributed by atoms with Crippen molar-refractivity contribution in [3.63, 3.8) is 0 Å². The first-order valence-corrected chi connectivity index (χ1v) is 10.6. The summed E-state index contributed by atoms with van der Waals surface area (Å²) < 4.78 is 31.1. The minimum atomic E-state index is -3.51. The largest absolute Gasteiger partial charge is 0.496 e. The van der Waals surface area contributed by atoms with E-state index in [0.29, 0.717) is 24.5 Å². The van der Waals surface area contributed by atoms with E-state index >= 15 is 0 Å². The highest BCUT2D eigenvalue weighted by molar-refractivity contribution is 7.89. The first kappa shape index (κ1) is 20.7. The monoisotopic (exact) mass is 382 g/mol. The minimum Gasteiger partial charge on any atom is -0.496 e. The van der Waals surface area contributed by atoms with E-state index in [9.17, 15) is 13.2 Å². The number of carbonyl (C=O) groups excluding carboxylic acids is 1. The summed E-state index contributed by atoms with van der Waals surface area (Å²) in [7, 11) is 1.03. The van der Waals surface area contributed by atoms with Gasteiger partial charge in [0.25, 0.3) is 0 Å². The van der Waals surface area contributed by atoms with E-state index in [0.717, 1.165) is 12.1 Å². The molecule has 0 heterocycles. The number of benzene rings is 1. The molecule has 26 heavy (non-hydrogen) atoms. The lowest BCUT2D eigenvalue weighted by atomic mass is 9.89. The van der Waals surface area contributed by atoms with Crippen LogP contribution in [0.2, 0.25) is 0 Å². The summed E-state index contributed by atoms with van der Waals surface area (Å²) in [6, 6.07) is 4.77. The van der Waals surface area contributed by atoms with Gasteiger partial charge in [-0.25, -0.2) is 12.7 Å². The van der Waals surface area contributed by atoms with Crippen molar-refractivity contribution in [2.45, 2.75) is 49.8 Å². The number of carbonyl (C=O) groups is 1. The first-order chi connectivity index (χ1) is 12.3. The van der Waals surface area contributed by atoms with E-state index in [-0.39, 0.29) is 10.8 Å². The number of amides is 1. The van der Waals surface area contributed by atoms with Crippen molar-refractivity contribution in [2.75, 3.05) is 27.7 Å². The Kier molecular flexibility index (Phi) is 7.46. The van der Waals surface area contributed by atoms with Crippen LogP contribution >= 0.6 is 0 Å². The van der Waals surface area contributed by atoms with Gasteiger partial charge in [0, 0.05) is 27.1 Å². The van der Waals surface area contributed by atoms with Crippen molar-refractivity contribution in [2.24, 2.45) is 5.92 Å². The van der Waals surface area contributed by atoms with Gasteiger partial charge in [-0.1, -0.05) is 19.3 Å². The molecule has 1 aliphatic rings. The Hall–Kier alpha value is -1.60. The lowest BCUT2D eigenvalue weighted by Gasteiger charge is -2.21. The lowest BCUT2D eigenvalue weighted by molar-refractivity contribution is -0.121. The van der Waals surface area contributed by atoms with Crippen molar-refractivity contribution < 1.29 is 17.9 Å². The maximum absolute atomic E-state index is 12.3. The zero-order valence-corrected chi connectivity index (χ0v) is 16.8. The number of methoxy groups -OCH3 is 1. The van der Waals surface area contributed by atoms with Gasteiger partial charge in [-0.3, -0.25) is 4.79 Å². The third-order valence-corrected chi connectivity index (χ3v) is 6.78. The predicted molar refractivity (Wildman–Crippen MR) is 102 cm³/mol. The van der Waals surface area contributed by atoms with Gasteiger partial charge in [-0.05, 0) is 48.9 Å². The van der Waals surface area contributed by atoms with Crippen LogP contribution in [0.15, 0.2) is 23.1 Å². The summed E-state index contributed by atoms with van der Waals surface area (Å²) in [5, 5.41) is 3.02. The second kappa shape index (κ2) is 9.37. The Morgan fingerprint density at radius 1 is 1.23 bits per heavy atom. The van der Waals surface area contributed by atoms with Crippen LogP contribution in [0.3, 0.4) is 0 Å². The smallest absolute Gasteiger partial charge is 0.242 e. The standard InChI is InChI=1S/C19H30N2O4S/c1-21(2)26(23,24)17-10-11-18(25-3)16(13-17)9-12-19(22)20-14-15-7-5-4-6-8-15/h10-11,13,15H,4-9,12,14H2,1-3H3,(H,20,22). The van der Waals surface area contributed by atoms with Crippen molar-refractivity contribution in [3.05, 3.63) is 23.8 Å². The molecule has 2 rings (SSSR count). The van der Waals surface area contributed by atoms with Gasteiger partial charge >= 0.3 is 0 Å². The number of sulfonamides is 1. The third kappa shape index (κ3) is 5.45. The maximum atomic E-state index is 12.3. The van der Waals surface area contributed by atoms with Crippen LogP contribution in [0.4, 0.5) is 0 Å². The molecule has 0 bridgehead atoms. The summed E-state index contributed by atoms with van der Waals surface area (Å²) in [4.78, 5) is 12.4. The Morgan fingerprint density at radius 2 is 1.92 bits per heavy atom. The van der Waals surface area contributed by atoms with Crippen molar-refractivity contribution in [1.29, 1.82) is 0 Å². The molecule has 1 aromatic carbocycles. The summed E-state index contributed by atoms with van der Waals surface area (Å²) in [5.41, 5.74) is 0.725. The zero-order valence-electron chi connectivity index (χ0n) is 16.0. The maximum Gasteiger partial charge on any atom is 0.242 e. The van der Waals surface area contributed by atoms with Crippen LogP contribution in [0.1, 0.15) is 44.1 Å². The number of nitrogens with one attached hydrogen (secondary N) is 1. The minimum absolute atomic E-state index is 0.00139. The van der Waals surface area contributed by atoms with E-state index in [1.807, 2.05) is 0 Å². The molecule has 0 radical (unpaired) electrons. The van der Waals surface area contributed by atoms with Crippen LogP contribution in [-0.2, 0) is 21.2 Å². The molecule has 1 aromatic rings. The Morgan fingerprint density at radius 3 is 2.54 bits per heavy atom. The highest BCUT2D eigenvalue weighted by Gasteiger charge is 2.19. The lowest BCUT2D eigenvalue weighted by Crippen LogP contribution is -2.30. The van der Waals surface area contributed by atoms with Gasteiger partial charge in [0.15, 0.2) is 0 Å². The number of ether oxygens (including phenoxy) is 1. The Labute approximate surface area is 157 Å². The van der Waals surface area contributed by atoms with Crippen LogP contribution in [0.25, 0.3) is 0 Å². The second-order valence-corrected chi connectivity index (χ2v) is 9.22. The van der Waals surface area contributed by atoms with Crippen LogP contribution < -0.4 is 10.1 Å². The van der Waals surface area contributed by atoms with Crippen molar-refractivity contribution in [1.82, 2.24) is 9.62 Å². The molecule has 7 heteroatoms. The topological polar surface area (TPSA) is 75.7 Å². The molecule has 6 nitrogen and oxygen atoms in total. The van der Waals surface area contributed by atoms with Crippen molar-refractivity contribution >= 4 is 15.9 Å². The molecule has 0 saturated heterocycles. The number of hydrogen-bond acceptors (Lipinski definition) is 4. The summed E-state index contributed by atoms with van der Waals surface area (Å²) >= 11 is 0. The fourth-order valence-electron chi connectivity index (χ4n) is 3.31. The predicted octanol–water partition coefficient (Wildman–Crippen LogP) is 2.57. The van der Waals surface area contributed by atoms with Crippen LogP contribution in [0, 0.1) is 5.92 Å². The van der Waals surface area contributed by atoms with Gasteiger partial charge < -0.3 is 10.1 Å². The molecular weight excluding hydrogens is 352 g/mol. The summed E-state index contributed by atoms with van der Waals surface area (Å²) in [6.07, 6.45) is 6.95. The molecular formula is C19H30N2O4S. The second-order valence-electron chi connectivity index (χ2n) is 7.07. The van der Waals surface area contributed by atoms with Crippen LogP contribution in [0.5, 0.6) is 5.75 Å².